The molecule has 170 valence electrons. The molecule has 0 bridgehead atoms. The fraction of sp³-hybridized carbons (Fsp3) is 0.0357. The number of carbonyl (C=O) groups is 3. The SMILES string of the molecule is CN1C(=O)/C(=C\c2ccc(-n3c4ccccc4c4ccccc43)s2)C(=O)N(c2ccccc2)C1=O. The Bertz CT molecular complexity index is 1630. The van der Waals surface area contributed by atoms with Gasteiger partial charge in [-0.25, -0.2) is 9.69 Å². The first kappa shape index (κ1) is 21.1. The lowest BCUT2D eigenvalue weighted by molar-refractivity contribution is -0.128. The molecule has 0 N–H and O–H groups in total. The second-order valence-electron chi connectivity index (χ2n) is 8.23. The number of anilines is 1. The van der Waals surface area contributed by atoms with Crippen LogP contribution in [0.15, 0.2) is 96.6 Å². The number of thiophene rings is 1. The van der Waals surface area contributed by atoms with Crippen molar-refractivity contribution in [3.05, 3.63) is 101 Å². The van der Waals surface area contributed by atoms with Crippen molar-refractivity contribution in [1.29, 1.82) is 0 Å². The van der Waals surface area contributed by atoms with Crippen LogP contribution in [0.4, 0.5) is 10.5 Å². The van der Waals surface area contributed by atoms with Crippen LogP contribution in [0, 0.1) is 0 Å². The summed E-state index contributed by atoms with van der Waals surface area (Å²) in [5, 5.41) is 3.29. The maximum Gasteiger partial charge on any atom is 0.338 e. The standard InChI is InChI=1S/C28H19N3O3S/c1-29-26(32)22(27(33)30(28(29)34)18-9-3-2-4-10-18)17-19-15-16-25(35-19)31-23-13-7-5-11-20(23)21-12-6-8-14-24(21)31/h2-17H,1H3/b22-17+. The van der Waals surface area contributed by atoms with Gasteiger partial charge in [0, 0.05) is 22.7 Å². The predicted molar refractivity (Wildman–Crippen MR) is 139 cm³/mol. The van der Waals surface area contributed by atoms with E-state index in [1.807, 2.05) is 36.4 Å². The Hall–Kier alpha value is -4.49. The number of urea groups is 1. The van der Waals surface area contributed by atoms with E-state index in [0.717, 1.165) is 41.5 Å². The van der Waals surface area contributed by atoms with Crippen LogP contribution in [0.5, 0.6) is 0 Å². The van der Waals surface area contributed by atoms with Gasteiger partial charge in [-0.2, -0.15) is 0 Å². The Kier molecular flexibility index (Phi) is 4.86. The number of aromatic nitrogens is 1. The molecule has 7 heteroatoms. The van der Waals surface area contributed by atoms with Crippen LogP contribution in [0.2, 0.25) is 0 Å². The first-order valence-electron chi connectivity index (χ1n) is 11.1. The minimum absolute atomic E-state index is 0.0495. The fourth-order valence-electron chi connectivity index (χ4n) is 4.49. The first-order valence-corrected chi connectivity index (χ1v) is 11.9. The number of likely N-dealkylation sites (N-methyl/N-ethyl adjacent to an activating group) is 1. The zero-order valence-electron chi connectivity index (χ0n) is 18.7. The molecule has 4 amide bonds. The monoisotopic (exact) mass is 477 g/mol. The molecule has 3 aromatic carbocycles. The van der Waals surface area contributed by atoms with Crippen molar-refractivity contribution >= 4 is 62.8 Å². The number of fused-ring (bicyclic) bond motifs is 3. The van der Waals surface area contributed by atoms with Crippen LogP contribution in [-0.2, 0) is 9.59 Å². The van der Waals surface area contributed by atoms with Crippen molar-refractivity contribution < 1.29 is 14.4 Å². The smallest absolute Gasteiger partial charge is 0.301 e. The van der Waals surface area contributed by atoms with Gasteiger partial charge in [-0.05, 0) is 42.5 Å². The lowest BCUT2D eigenvalue weighted by Crippen LogP contribution is -2.55. The third-order valence-corrected chi connectivity index (χ3v) is 7.18. The van der Waals surface area contributed by atoms with Crippen molar-refractivity contribution in [1.82, 2.24) is 9.47 Å². The molecule has 6 rings (SSSR count). The van der Waals surface area contributed by atoms with Gasteiger partial charge in [0.25, 0.3) is 11.8 Å². The van der Waals surface area contributed by atoms with Gasteiger partial charge in [0.2, 0.25) is 0 Å². The number of rotatable bonds is 3. The van der Waals surface area contributed by atoms with E-state index >= 15 is 0 Å². The third kappa shape index (κ3) is 3.28. The number of benzene rings is 3. The van der Waals surface area contributed by atoms with Gasteiger partial charge in [0.1, 0.15) is 10.6 Å². The fourth-order valence-corrected chi connectivity index (χ4v) is 5.47. The summed E-state index contributed by atoms with van der Waals surface area (Å²) in [5.74, 6) is -1.24. The molecule has 0 radical (unpaired) electrons. The van der Waals surface area contributed by atoms with Crippen molar-refractivity contribution in [2.75, 3.05) is 11.9 Å². The minimum Gasteiger partial charge on any atom is -0.301 e. The van der Waals surface area contributed by atoms with E-state index in [1.54, 1.807) is 36.4 Å². The molecule has 0 spiro atoms. The number of nitrogens with zero attached hydrogens (tertiary/aromatic N) is 3. The quantitative estimate of drug-likeness (QED) is 0.242. The highest BCUT2D eigenvalue weighted by Gasteiger charge is 2.41. The van der Waals surface area contributed by atoms with Gasteiger partial charge in [-0.15, -0.1) is 11.3 Å². The van der Waals surface area contributed by atoms with Crippen molar-refractivity contribution in [3.63, 3.8) is 0 Å². The molecule has 5 aromatic rings. The zero-order chi connectivity index (χ0) is 24.1. The maximum atomic E-state index is 13.3. The number of carbonyl (C=O) groups excluding carboxylic acids is 3. The van der Waals surface area contributed by atoms with E-state index in [9.17, 15) is 14.4 Å². The summed E-state index contributed by atoms with van der Waals surface area (Å²) in [7, 11) is 1.39. The number of hydrogen-bond donors (Lipinski definition) is 0. The average Bonchev–Trinajstić information content (AvgIpc) is 3.48. The van der Waals surface area contributed by atoms with E-state index in [4.69, 9.17) is 0 Å². The van der Waals surface area contributed by atoms with E-state index < -0.39 is 17.8 Å². The van der Waals surface area contributed by atoms with Crippen LogP contribution in [0.1, 0.15) is 4.88 Å². The lowest BCUT2D eigenvalue weighted by atomic mass is 10.1. The second kappa shape index (κ2) is 8.07. The van der Waals surface area contributed by atoms with Gasteiger partial charge in [0.15, 0.2) is 0 Å². The summed E-state index contributed by atoms with van der Waals surface area (Å²) >= 11 is 1.48. The molecule has 1 fully saturated rings. The molecule has 1 saturated heterocycles. The molecule has 2 aromatic heterocycles. The van der Waals surface area contributed by atoms with Gasteiger partial charge in [0.05, 0.1) is 16.7 Å². The normalized spacial score (nSPS) is 15.7. The minimum atomic E-state index is -0.666. The van der Waals surface area contributed by atoms with E-state index in [1.165, 1.54) is 18.4 Å². The van der Waals surface area contributed by atoms with E-state index in [-0.39, 0.29) is 5.57 Å². The number of hydrogen-bond acceptors (Lipinski definition) is 4. The maximum absolute atomic E-state index is 13.3. The summed E-state index contributed by atoms with van der Waals surface area (Å²) in [5.41, 5.74) is 2.54. The molecule has 0 aliphatic carbocycles. The number of imide groups is 2. The summed E-state index contributed by atoms with van der Waals surface area (Å²) in [6, 6.07) is 28.3. The van der Waals surface area contributed by atoms with Crippen LogP contribution in [0.3, 0.4) is 0 Å². The molecular formula is C28H19N3O3S. The molecule has 0 saturated carbocycles. The molecule has 1 aliphatic rings. The lowest BCUT2D eigenvalue weighted by Gasteiger charge is -2.31. The topological polar surface area (TPSA) is 62.6 Å². The Morgan fingerprint density at radius 3 is 1.94 bits per heavy atom. The Morgan fingerprint density at radius 1 is 0.686 bits per heavy atom. The molecule has 1 aliphatic heterocycles. The van der Waals surface area contributed by atoms with Crippen LogP contribution >= 0.6 is 11.3 Å². The van der Waals surface area contributed by atoms with Gasteiger partial charge < -0.3 is 4.57 Å². The second-order valence-corrected chi connectivity index (χ2v) is 9.32. The van der Waals surface area contributed by atoms with E-state index in [0.29, 0.717) is 5.69 Å². The highest BCUT2D eigenvalue weighted by molar-refractivity contribution is 7.15. The number of para-hydroxylation sites is 3. The molecule has 0 unspecified atom stereocenters. The molecule has 35 heavy (non-hydrogen) atoms. The van der Waals surface area contributed by atoms with Gasteiger partial charge in [-0.3, -0.25) is 14.5 Å². The highest BCUT2D eigenvalue weighted by Crippen LogP contribution is 2.35. The van der Waals surface area contributed by atoms with Crippen molar-refractivity contribution in [2.24, 2.45) is 0 Å². The largest absolute Gasteiger partial charge is 0.338 e. The first-order chi connectivity index (χ1) is 17.0. The summed E-state index contributed by atoms with van der Waals surface area (Å²) in [4.78, 5) is 41.7. The third-order valence-electron chi connectivity index (χ3n) is 6.16. The highest BCUT2D eigenvalue weighted by atomic mass is 32.1. The molecule has 3 heterocycles. The Labute approximate surface area is 204 Å². The summed E-state index contributed by atoms with van der Waals surface area (Å²) < 4.78 is 2.19. The molecule has 0 atom stereocenters. The van der Waals surface area contributed by atoms with Gasteiger partial charge in [-0.1, -0.05) is 54.6 Å². The van der Waals surface area contributed by atoms with Crippen LogP contribution in [0.25, 0.3) is 32.9 Å². The van der Waals surface area contributed by atoms with Crippen LogP contribution in [-0.4, -0.2) is 34.4 Å². The van der Waals surface area contributed by atoms with Gasteiger partial charge >= 0.3 is 6.03 Å². The zero-order valence-corrected chi connectivity index (χ0v) is 19.5. The number of amides is 4. The van der Waals surface area contributed by atoms with Crippen LogP contribution < -0.4 is 4.90 Å². The van der Waals surface area contributed by atoms with E-state index in [2.05, 4.69) is 28.8 Å². The molecule has 6 nitrogen and oxygen atoms in total. The predicted octanol–water partition coefficient (Wildman–Crippen LogP) is 5.85. The summed E-state index contributed by atoms with van der Waals surface area (Å²) in [6.45, 7) is 0. The molecular weight excluding hydrogens is 458 g/mol. The van der Waals surface area contributed by atoms with Crippen molar-refractivity contribution in [3.8, 4) is 5.00 Å². The Morgan fingerprint density at radius 2 is 1.29 bits per heavy atom. The van der Waals surface area contributed by atoms with Crippen molar-refractivity contribution in [2.45, 2.75) is 0 Å². The average molecular weight is 478 g/mol. The summed E-state index contributed by atoms with van der Waals surface area (Å²) in [6.07, 6.45) is 1.57. The number of barbiturate groups is 1. The Balaban J connectivity index is 1.45.